The zero-order chi connectivity index (χ0) is 12.8. The molecule has 102 valence electrons. The largest absolute Gasteiger partial charge is 0.396 e. The summed E-state index contributed by atoms with van der Waals surface area (Å²) in [4.78, 5) is 1.58. The van der Waals surface area contributed by atoms with Gasteiger partial charge in [0.15, 0.2) is 10.3 Å². The molecule has 1 atom stereocenters. The molecule has 0 amide bonds. The maximum absolute atomic E-state index is 9.08. The van der Waals surface area contributed by atoms with Crippen LogP contribution < -0.4 is 4.72 Å². The molecule has 0 aromatic carbocycles. The molecule has 0 spiro atoms. The van der Waals surface area contributed by atoms with E-state index >= 15 is 0 Å². The molecule has 2 nitrogen and oxygen atoms in total. The first-order valence-electron chi connectivity index (χ1n) is 7.35. The minimum Gasteiger partial charge on any atom is -0.396 e. The Labute approximate surface area is 114 Å². The second kappa shape index (κ2) is 7.27. The summed E-state index contributed by atoms with van der Waals surface area (Å²) in [5, 5.41) is 11.4. The summed E-state index contributed by atoms with van der Waals surface area (Å²) in [6.07, 6.45) is 8.90. The Kier molecular flexibility index (Phi) is 5.67. The van der Waals surface area contributed by atoms with Gasteiger partial charge in [0, 0.05) is 31.2 Å². The number of hydrogen-bond acceptors (Lipinski definition) is 2. The summed E-state index contributed by atoms with van der Waals surface area (Å²) < 4.78 is 3.57. The lowest BCUT2D eigenvalue weighted by atomic mass is 9.84. The van der Waals surface area contributed by atoms with Crippen LogP contribution in [0, 0.1) is 0 Å². The van der Waals surface area contributed by atoms with Crippen LogP contribution in [-0.4, -0.2) is 18.3 Å². The van der Waals surface area contributed by atoms with Crippen molar-refractivity contribution in [3.05, 3.63) is 21.9 Å². The van der Waals surface area contributed by atoms with E-state index in [0.29, 0.717) is 6.61 Å². The van der Waals surface area contributed by atoms with Crippen molar-refractivity contribution in [1.82, 2.24) is 0 Å². The molecule has 1 aromatic heterocycles. The van der Waals surface area contributed by atoms with Gasteiger partial charge in [-0.05, 0) is 32.1 Å². The van der Waals surface area contributed by atoms with Gasteiger partial charge < -0.3 is 5.11 Å². The molecule has 0 bridgehead atoms. The topological polar surface area (TPSA) is 32.3 Å². The molecule has 2 rings (SSSR count). The minimum absolute atomic E-state index is 0.140. The highest BCUT2D eigenvalue weighted by Crippen LogP contribution is 2.39. The normalized spacial score (nSPS) is 18.2. The Balaban J connectivity index is 2.16. The fraction of sp³-hybridized carbons (Fsp3) is 0.733. The smallest absolute Gasteiger partial charge is 0.175 e. The lowest BCUT2D eigenvalue weighted by Gasteiger charge is -2.20. The van der Waals surface area contributed by atoms with Gasteiger partial charge in [0.25, 0.3) is 0 Å². The molecule has 1 heterocycles. The van der Waals surface area contributed by atoms with Crippen LogP contribution in [0.25, 0.3) is 0 Å². The molecule has 2 N–H and O–H groups in total. The molecule has 0 aliphatic heterocycles. The second-order valence-electron chi connectivity index (χ2n) is 5.18. The van der Waals surface area contributed by atoms with Crippen molar-refractivity contribution in [3.8, 4) is 0 Å². The van der Waals surface area contributed by atoms with E-state index < -0.39 is 0 Å². The summed E-state index contributed by atoms with van der Waals surface area (Å²) in [7, 11) is 0.140. The molecule has 1 aromatic rings. The Bertz CT molecular complexity index is 355. The van der Waals surface area contributed by atoms with E-state index in [-0.39, 0.29) is 10.7 Å². The van der Waals surface area contributed by atoms with Gasteiger partial charge in [-0.2, -0.15) is 0 Å². The molecule has 1 aliphatic carbocycles. The zero-order valence-corrected chi connectivity index (χ0v) is 12.3. The van der Waals surface area contributed by atoms with Crippen molar-refractivity contribution in [2.24, 2.45) is 0 Å². The predicted molar refractivity (Wildman–Crippen MR) is 80.1 cm³/mol. The lowest BCUT2D eigenvalue weighted by Crippen LogP contribution is -2.07. The third-order valence-electron chi connectivity index (χ3n) is 3.88. The average molecular weight is 268 g/mol. The van der Waals surface area contributed by atoms with Crippen molar-refractivity contribution in [1.29, 1.82) is 0 Å². The summed E-state index contributed by atoms with van der Waals surface area (Å²) in [5.41, 5.74) is 1.60. The fourth-order valence-corrected chi connectivity index (χ4v) is 4.89. The molecule has 1 fully saturated rings. The summed E-state index contributed by atoms with van der Waals surface area (Å²) in [6.45, 7) is 3.50. The number of rotatable bonds is 6. The van der Waals surface area contributed by atoms with Crippen molar-refractivity contribution < 1.29 is 5.11 Å². The second-order valence-corrected chi connectivity index (χ2v) is 6.91. The number of hydrogen-bond donors (Lipinski definition) is 2. The van der Waals surface area contributed by atoms with Crippen molar-refractivity contribution in [2.45, 2.75) is 57.8 Å². The van der Waals surface area contributed by atoms with Gasteiger partial charge in [-0.15, -0.1) is 4.72 Å². The standard InChI is InChI=1S/C15H26NOS/c1-2-16-18-12-10-14(15(18)9-6-11-17)13-7-4-3-5-8-13/h10,12-13,16-17H,2-9,11H2,1H3/q+1. The van der Waals surface area contributed by atoms with E-state index in [0.717, 1.165) is 25.3 Å². The SMILES string of the molecule is CCN[s+]1ccc(C2CCCCC2)c1CCCO. The fourth-order valence-electron chi connectivity index (χ4n) is 3.01. The van der Waals surface area contributed by atoms with E-state index in [4.69, 9.17) is 5.11 Å². The van der Waals surface area contributed by atoms with E-state index in [9.17, 15) is 0 Å². The third kappa shape index (κ3) is 3.34. The molecule has 1 saturated carbocycles. The first-order chi connectivity index (χ1) is 8.86. The number of aliphatic hydroxyl groups is 1. The predicted octanol–water partition coefficient (Wildman–Crippen LogP) is 3.97. The molecule has 3 heteroatoms. The van der Waals surface area contributed by atoms with Crippen LogP contribution in [0.5, 0.6) is 0 Å². The number of nitrogens with one attached hydrogen (secondary N) is 1. The van der Waals surface area contributed by atoms with Crippen LogP contribution in [-0.2, 0) is 6.42 Å². The lowest BCUT2D eigenvalue weighted by molar-refractivity contribution is 0.288. The molecule has 0 radical (unpaired) electrons. The van der Waals surface area contributed by atoms with E-state index in [2.05, 4.69) is 23.1 Å². The van der Waals surface area contributed by atoms with E-state index in [1.807, 2.05) is 0 Å². The van der Waals surface area contributed by atoms with Gasteiger partial charge in [-0.3, -0.25) is 0 Å². The van der Waals surface area contributed by atoms with Crippen molar-refractivity contribution in [3.63, 3.8) is 0 Å². The van der Waals surface area contributed by atoms with E-state index in [1.165, 1.54) is 32.1 Å². The van der Waals surface area contributed by atoms with Crippen LogP contribution in [0.3, 0.4) is 0 Å². The maximum atomic E-state index is 9.08. The van der Waals surface area contributed by atoms with Gasteiger partial charge in [-0.1, -0.05) is 19.3 Å². The van der Waals surface area contributed by atoms with Crippen LogP contribution in [0.4, 0.5) is 0 Å². The van der Waals surface area contributed by atoms with E-state index in [1.54, 1.807) is 10.4 Å². The quantitative estimate of drug-likeness (QED) is 0.765. The molecule has 1 unspecified atom stereocenters. The highest BCUT2D eigenvalue weighted by atomic mass is 32.2. The van der Waals surface area contributed by atoms with Crippen LogP contribution in [0.15, 0.2) is 11.4 Å². The zero-order valence-electron chi connectivity index (χ0n) is 11.5. The van der Waals surface area contributed by atoms with Gasteiger partial charge in [0.2, 0.25) is 0 Å². The Morgan fingerprint density at radius 1 is 1.33 bits per heavy atom. The van der Waals surface area contributed by atoms with Crippen molar-refractivity contribution in [2.75, 3.05) is 17.9 Å². The third-order valence-corrected chi connectivity index (χ3v) is 5.86. The molecular weight excluding hydrogens is 242 g/mol. The van der Waals surface area contributed by atoms with Gasteiger partial charge >= 0.3 is 0 Å². The average Bonchev–Trinajstić information content (AvgIpc) is 2.81. The monoisotopic (exact) mass is 268 g/mol. The van der Waals surface area contributed by atoms with Crippen LogP contribution >= 0.6 is 10.7 Å². The highest BCUT2D eigenvalue weighted by molar-refractivity contribution is 7.31. The van der Waals surface area contributed by atoms with Crippen LogP contribution in [0.1, 0.15) is 61.8 Å². The summed E-state index contributed by atoms with van der Waals surface area (Å²) >= 11 is 0. The highest BCUT2D eigenvalue weighted by Gasteiger charge is 2.26. The van der Waals surface area contributed by atoms with Gasteiger partial charge in [0.1, 0.15) is 0 Å². The maximum Gasteiger partial charge on any atom is 0.175 e. The Morgan fingerprint density at radius 2 is 2.11 bits per heavy atom. The Hall–Kier alpha value is -0.380. The van der Waals surface area contributed by atoms with Gasteiger partial charge in [0.05, 0.1) is 10.7 Å². The summed E-state index contributed by atoms with van der Waals surface area (Å²) in [5.74, 6) is 0.792. The summed E-state index contributed by atoms with van der Waals surface area (Å²) in [6, 6.07) is 2.37. The molecule has 1 aliphatic rings. The molecule has 0 saturated heterocycles. The van der Waals surface area contributed by atoms with Crippen LogP contribution in [0.2, 0.25) is 0 Å². The first-order valence-corrected chi connectivity index (χ1v) is 8.64. The minimum atomic E-state index is 0.140. The molecular formula is C15H26NOS+. The number of aliphatic hydroxyl groups excluding tert-OH is 1. The Morgan fingerprint density at radius 3 is 2.78 bits per heavy atom. The first kappa shape index (κ1) is 14.0. The van der Waals surface area contributed by atoms with Crippen molar-refractivity contribution >= 4 is 10.7 Å². The number of thiophene rings is 1. The molecule has 18 heavy (non-hydrogen) atoms. The van der Waals surface area contributed by atoms with Gasteiger partial charge in [-0.25, -0.2) is 0 Å².